The third kappa shape index (κ3) is 5.62. The van der Waals surface area contributed by atoms with E-state index in [1.807, 2.05) is 0 Å². The molecule has 0 amide bonds. The molecule has 0 saturated heterocycles. The van der Waals surface area contributed by atoms with Crippen LogP contribution in [-0.4, -0.2) is 11.8 Å². The molecule has 76 valence electrons. The number of hydrogen-bond donors (Lipinski definition) is 0. The molecule has 0 aliphatic rings. The van der Waals surface area contributed by atoms with E-state index < -0.39 is 0 Å². The highest BCUT2D eigenvalue weighted by atomic mass is 14.8. The average molecular weight is 181 g/mol. The molecule has 1 unspecified atom stereocenters. The quantitative estimate of drug-likeness (QED) is 0.451. The third-order valence-electron chi connectivity index (χ3n) is 2.04. The molecular weight excluding hydrogens is 158 g/mol. The molecule has 0 heterocycles. The van der Waals surface area contributed by atoms with Gasteiger partial charge in [0.05, 0.1) is 6.04 Å². The minimum atomic E-state index is 0.332. The van der Waals surface area contributed by atoms with Crippen molar-refractivity contribution in [3.05, 3.63) is 12.2 Å². The van der Waals surface area contributed by atoms with Gasteiger partial charge in [0.15, 0.2) is 0 Å². The van der Waals surface area contributed by atoms with E-state index in [0.29, 0.717) is 12.0 Å². The highest BCUT2D eigenvalue weighted by Gasteiger charge is 2.05. The Labute approximate surface area is 83.0 Å². The Kier molecular flexibility index (Phi) is 5.68. The van der Waals surface area contributed by atoms with Crippen molar-refractivity contribution in [3.8, 4) is 0 Å². The van der Waals surface area contributed by atoms with Gasteiger partial charge in [0, 0.05) is 5.71 Å². The van der Waals surface area contributed by atoms with Crippen molar-refractivity contribution in [3.63, 3.8) is 0 Å². The number of aliphatic imine (C=N–C) groups is 1. The molecule has 13 heavy (non-hydrogen) atoms. The number of hydrogen-bond acceptors (Lipinski definition) is 1. The van der Waals surface area contributed by atoms with Gasteiger partial charge in [-0.2, -0.15) is 0 Å². The SMILES string of the molecule is C=C(C)C(CC)N=C(C)CC(C)C. The van der Waals surface area contributed by atoms with Gasteiger partial charge >= 0.3 is 0 Å². The van der Waals surface area contributed by atoms with E-state index in [1.54, 1.807) is 0 Å². The van der Waals surface area contributed by atoms with Crippen LogP contribution in [-0.2, 0) is 0 Å². The van der Waals surface area contributed by atoms with Gasteiger partial charge in [-0.1, -0.05) is 32.9 Å². The van der Waals surface area contributed by atoms with E-state index in [-0.39, 0.29) is 0 Å². The summed E-state index contributed by atoms with van der Waals surface area (Å²) in [6.07, 6.45) is 2.16. The lowest BCUT2D eigenvalue weighted by Crippen LogP contribution is -2.08. The Morgan fingerprint density at radius 3 is 2.15 bits per heavy atom. The van der Waals surface area contributed by atoms with Gasteiger partial charge in [0.2, 0.25) is 0 Å². The van der Waals surface area contributed by atoms with Gasteiger partial charge in [0.25, 0.3) is 0 Å². The topological polar surface area (TPSA) is 12.4 Å². The maximum atomic E-state index is 4.65. The molecule has 0 spiro atoms. The molecule has 0 aromatic carbocycles. The van der Waals surface area contributed by atoms with Crippen molar-refractivity contribution in [1.82, 2.24) is 0 Å². The first kappa shape index (κ1) is 12.4. The zero-order valence-electron chi connectivity index (χ0n) is 9.72. The summed E-state index contributed by atoms with van der Waals surface area (Å²) in [5.74, 6) is 0.700. The van der Waals surface area contributed by atoms with E-state index in [9.17, 15) is 0 Å². The van der Waals surface area contributed by atoms with Crippen molar-refractivity contribution in [2.24, 2.45) is 10.9 Å². The van der Waals surface area contributed by atoms with Crippen molar-refractivity contribution >= 4 is 5.71 Å². The Bertz CT molecular complexity index is 189. The highest BCUT2D eigenvalue weighted by molar-refractivity contribution is 5.82. The van der Waals surface area contributed by atoms with E-state index in [2.05, 4.69) is 46.2 Å². The molecule has 0 N–H and O–H groups in total. The lowest BCUT2D eigenvalue weighted by Gasteiger charge is -2.12. The lowest BCUT2D eigenvalue weighted by molar-refractivity contribution is 0.670. The minimum Gasteiger partial charge on any atom is -0.287 e. The largest absolute Gasteiger partial charge is 0.287 e. The summed E-state index contributed by atoms with van der Waals surface area (Å²) in [6, 6.07) is 0.332. The zero-order chi connectivity index (χ0) is 10.4. The van der Waals surface area contributed by atoms with E-state index in [0.717, 1.165) is 12.8 Å². The Morgan fingerprint density at radius 1 is 1.31 bits per heavy atom. The molecular formula is C12H23N. The van der Waals surface area contributed by atoms with Crippen LogP contribution in [0.25, 0.3) is 0 Å². The van der Waals surface area contributed by atoms with Crippen LogP contribution in [0.5, 0.6) is 0 Å². The van der Waals surface area contributed by atoms with Crippen LogP contribution in [0.3, 0.4) is 0 Å². The fourth-order valence-electron chi connectivity index (χ4n) is 1.46. The first-order valence-electron chi connectivity index (χ1n) is 5.16. The minimum absolute atomic E-state index is 0.332. The fraction of sp³-hybridized carbons (Fsp3) is 0.750. The van der Waals surface area contributed by atoms with Gasteiger partial charge < -0.3 is 0 Å². The molecule has 1 heteroatoms. The smallest absolute Gasteiger partial charge is 0.0700 e. The summed E-state index contributed by atoms with van der Waals surface area (Å²) in [6.45, 7) is 14.7. The summed E-state index contributed by atoms with van der Waals surface area (Å²) in [5, 5.41) is 0. The fourth-order valence-corrected chi connectivity index (χ4v) is 1.46. The van der Waals surface area contributed by atoms with E-state index >= 15 is 0 Å². The predicted octanol–water partition coefficient (Wildman–Crippen LogP) is 3.85. The van der Waals surface area contributed by atoms with E-state index in [4.69, 9.17) is 0 Å². The predicted molar refractivity (Wildman–Crippen MR) is 61.5 cm³/mol. The summed E-state index contributed by atoms with van der Waals surface area (Å²) in [5.41, 5.74) is 2.43. The van der Waals surface area contributed by atoms with Gasteiger partial charge in [0.1, 0.15) is 0 Å². The van der Waals surface area contributed by atoms with Crippen LogP contribution >= 0.6 is 0 Å². The molecule has 0 rings (SSSR count). The molecule has 0 radical (unpaired) electrons. The Balaban J connectivity index is 4.24. The van der Waals surface area contributed by atoms with Crippen molar-refractivity contribution in [2.75, 3.05) is 0 Å². The first-order valence-corrected chi connectivity index (χ1v) is 5.16. The summed E-state index contributed by atoms with van der Waals surface area (Å²) < 4.78 is 0. The normalized spacial score (nSPS) is 14.8. The maximum Gasteiger partial charge on any atom is 0.0700 e. The van der Waals surface area contributed by atoms with Crippen LogP contribution in [0, 0.1) is 5.92 Å². The summed E-state index contributed by atoms with van der Waals surface area (Å²) in [4.78, 5) is 4.65. The van der Waals surface area contributed by atoms with Crippen LogP contribution in [0.15, 0.2) is 17.1 Å². The molecule has 0 fully saturated rings. The van der Waals surface area contributed by atoms with Crippen molar-refractivity contribution in [2.45, 2.75) is 53.5 Å². The zero-order valence-corrected chi connectivity index (χ0v) is 9.72. The molecule has 1 nitrogen and oxygen atoms in total. The third-order valence-corrected chi connectivity index (χ3v) is 2.04. The molecule has 0 aromatic heterocycles. The van der Waals surface area contributed by atoms with Crippen LogP contribution < -0.4 is 0 Å². The standard InChI is InChI=1S/C12H23N/c1-7-12(10(4)5)13-11(6)8-9(2)3/h9,12H,4,7-8H2,1-3,5-6H3. The average Bonchev–Trinajstić information content (AvgIpc) is 1.98. The van der Waals surface area contributed by atoms with Crippen LogP contribution in [0.4, 0.5) is 0 Å². The van der Waals surface area contributed by atoms with Gasteiger partial charge in [-0.15, -0.1) is 0 Å². The Hall–Kier alpha value is -0.590. The second kappa shape index (κ2) is 5.95. The van der Waals surface area contributed by atoms with E-state index in [1.165, 1.54) is 11.3 Å². The lowest BCUT2D eigenvalue weighted by atomic mass is 10.1. The number of rotatable bonds is 5. The maximum absolute atomic E-state index is 4.65. The van der Waals surface area contributed by atoms with Crippen LogP contribution in [0.1, 0.15) is 47.5 Å². The first-order chi connectivity index (χ1) is 5.97. The van der Waals surface area contributed by atoms with Crippen molar-refractivity contribution in [1.29, 1.82) is 0 Å². The molecule has 0 aliphatic heterocycles. The molecule has 0 saturated carbocycles. The Morgan fingerprint density at radius 2 is 1.85 bits per heavy atom. The second-order valence-corrected chi connectivity index (χ2v) is 4.23. The van der Waals surface area contributed by atoms with Crippen LogP contribution in [0.2, 0.25) is 0 Å². The summed E-state index contributed by atoms with van der Waals surface area (Å²) >= 11 is 0. The van der Waals surface area contributed by atoms with Crippen molar-refractivity contribution < 1.29 is 0 Å². The van der Waals surface area contributed by atoms with Gasteiger partial charge in [-0.3, -0.25) is 4.99 Å². The molecule has 0 aliphatic carbocycles. The molecule has 0 aromatic rings. The highest BCUT2D eigenvalue weighted by Crippen LogP contribution is 2.10. The summed E-state index contributed by atoms with van der Waals surface area (Å²) in [7, 11) is 0. The van der Waals surface area contributed by atoms with Gasteiger partial charge in [-0.25, -0.2) is 0 Å². The van der Waals surface area contributed by atoms with Gasteiger partial charge in [-0.05, 0) is 32.6 Å². The molecule has 0 bridgehead atoms. The molecule has 1 atom stereocenters. The second-order valence-electron chi connectivity index (χ2n) is 4.23. The number of nitrogens with zero attached hydrogens (tertiary/aromatic N) is 1. The monoisotopic (exact) mass is 181 g/mol.